The van der Waals surface area contributed by atoms with Crippen LogP contribution in [0.5, 0.6) is 0 Å². The summed E-state index contributed by atoms with van der Waals surface area (Å²) in [5.41, 5.74) is 2.15. The van der Waals surface area contributed by atoms with Gasteiger partial charge in [-0.1, -0.05) is 78.9 Å². The molecule has 4 aromatic carbocycles. The van der Waals surface area contributed by atoms with Crippen LogP contribution in [0.3, 0.4) is 0 Å². The summed E-state index contributed by atoms with van der Waals surface area (Å²) in [5, 5.41) is 15.4. The second-order valence-corrected chi connectivity index (χ2v) is 7.48. The van der Waals surface area contributed by atoms with Crippen molar-refractivity contribution < 1.29 is 19.4 Å². The highest BCUT2D eigenvalue weighted by molar-refractivity contribution is 6.01. The van der Waals surface area contributed by atoms with Crippen LogP contribution < -0.4 is 5.32 Å². The van der Waals surface area contributed by atoms with Crippen molar-refractivity contribution in [1.29, 1.82) is 0 Å². The van der Waals surface area contributed by atoms with Crippen molar-refractivity contribution >= 4 is 28.3 Å². The van der Waals surface area contributed by atoms with Crippen LogP contribution in [0.1, 0.15) is 34.0 Å². The van der Waals surface area contributed by atoms with Crippen molar-refractivity contribution in [3.8, 4) is 0 Å². The summed E-state index contributed by atoms with van der Waals surface area (Å²) >= 11 is 0. The fraction of sp³-hybridized carbons (Fsp3) is 0.111. The van der Waals surface area contributed by atoms with E-state index in [0.717, 1.165) is 16.3 Å². The van der Waals surface area contributed by atoms with Crippen LogP contribution in [-0.4, -0.2) is 17.0 Å². The number of fused-ring (bicyclic) bond motifs is 1. The van der Waals surface area contributed by atoms with Crippen molar-refractivity contribution in [2.24, 2.45) is 0 Å². The van der Waals surface area contributed by atoms with E-state index in [2.05, 4.69) is 5.32 Å². The van der Waals surface area contributed by atoms with Gasteiger partial charge in [-0.2, -0.15) is 0 Å². The van der Waals surface area contributed by atoms with Gasteiger partial charge in [0, 0.05) is 0 Å². The Morgan fingerprint density at radius 3 is 2.31 bits per heavy atom. The van der Waals surface area contributed by atoms with Crippen LogP contribution >= 0.6 is 0 Å². The highest BCUT2D eigenvalue weighted by Gasteiger charge is 2.18. The van der Waals surface area contributed by atoms with Gasteiger partial charge in [-0.05, 0) is 40.1 Å². The van der Waals surface area contributed by atoms with Crippen molar-refractivity contribution in [1.82, 2.24) is 0 Å². The molecule has 2 N–H and O–H groups in total. The Morgan fingerprint density at radius 2 is 1.50 bits per heavy atom. The number of para-hydroxylation sites is 1. The van der Waals surface area contributed by atoms with Crippen LogP contribution in [0.4, 0.5) is 5.69 Å². The first-order chi connectivity index (χ1) is 15.6. The highest BCUT2D eigenvalue weighted by Crippen LogP contribution is 2.24. The van der Waals surface area contributed by atoms with E-state index in [1.54, 1.807) is 24.3 Å². The maximum Gasteiger partial charge on any atom is 0.340 e. The lowest BCUT2D eigenvalue weighted by molar-refractivity contribution is -0.118. The molecule has 1 atom stereocenters. The lowest BCUT2D eigenvalue weighted by atomic mass is 10.0. The predicted molar refractivity (Wildman–Crippen MR) is 124 cm³/mol. The number of benzene rings is 4. The van der Waals surface area contributed by atoms with Gasteiger partial charge in [0.05, 0.1) is 23.8 Å². The molecule has 0 fully saturated rings. The largest absolute Gasteiger partial charge is 0.457 e. The molecule has 5 heteroatoms. The maximum atomic E-state index is 12.6. The highest BCUT2D eigenvalue weighted by atomic mass is 16.5. The molecule has 4 rings (SSSR count). The fourth-order valence-corrected chi connectivity index (χ4v) is 3.48. The van der Waals surface area contributed by atoms with Gasteiger partial charge in [-0.15, -0.1) is 0 Å². The average Bonchev–Trinajstić information content (AvgIpc) is 2.83. The van der Waals surface area contributed by atoms with E-state index >= 15 is 0 Å². The number of esters is 1. The van der Waals surface area contributed by atoms with Gasteiger partial charge in [-0.25, -0.2) is 4.79 Å². The van der Waals surface area contributed by atoms with Crippen LogP contribution in [0, 0.1) is 0 Å². The van der Waals surface area contributed by atoms with Crippen LogP contribution in [0.15, 0.2) is 97.1 Å². The zero-order valence-corrected chi connectivity index (χ0v) is 17.4. The van der Waals surface area contributed by atoms with E-state index in [1.807, 2.05) is 72.8 Å². The van der Waals surface area contributed by atoms with Crippen molar-refractivity contribution in [3.63, 3.8) is 0 Å². The predicted octanol–water partition coefficient (Wildman–Crippen LogP) is 5.26. The smallest absolute Gasteiger partial charge is 0.340 e. The molecular formula is C27H23NO4. The summed E-state index contributed by atoms with van der Waals surface area (Å²) in [6.45, 7) is 0.141. The number of carbonyl (C=O) groups is 2. The summed E-state index contributed by atoms with van der Waals surface area (Å²) in [7, 11) is 0. The number of carbonyl (C=O) groups excluding carboxylic acids is 2. The number of ether oxygens (including phenoxy) is 1. The molecule has 0 radical (unpaired) electrons. The molecule has 160 valence electrons. The third kappa shape index (κ3) is 5.20. The molecule has 0 aliphatic heterocycles. The Bertz CT molecular complexity index is 1240. The van der Waals surface area contributed by atoms with Gasteiger partial charge in [0.1, 0.15) is 6.61 Å². The van der Waals surface area contributed by atoms with Crippen LogP contribution in [0.25, 0.3) is 10.8 Å². The Hall–Kier alpha value is -3.96. The standard InChI is InChI=1S/C27H23NO4/c29-25(22-15-14-20-10-4-5-11-21(20)16-22)17-26(30)28-24-13-7-6-12-23(24)27(31)32-18-19-8-2-1-3-9-19/h1-16,25,29H,17-18H2,(H,28,30). The van der Waals surface area contributed by atoms with Gasteiger partial charge in [0.15, 0.2) is 0 Å². The van der Waals surface area contributed by atoms with Gasteiger partial charge in [0.25, 0.3) is 0 Å². The third-order valence-electron chi connectivity index (χ3n) is 5.17. The third-order valence-corrected chi connectivity index (χ3v) is 5.17. The SMILES string of the molecule is O=C(CC(O)c1ccc2ccccc2c1)Nc1ccccc1C(=O)OCc1ccccc1. The molecule has 0 aromatic heterocycles. The zero-order valence-electron chi connectivity index (χ0n) is 17.4. The van der Waals surface area contributed by atoms with Crippen molar-refractivity contribution in [2.75, 3.05) is 5.32 Å². The van der Waals surface area contributed by atoms with Gasteiger partial charge in [0.2, 0.25) is 5.91 Å². The second-order valence-electron chi connectivity index (χ2n) is 7.48. The van der Waals surface area contributed by atoms with Gasteiger partial charge >= 0.3 is 5.97 Å². The molecule has 1 amide bonds. The molecule has 0 heterocycles. The molecular weight excluding hydrogens is 402 g/mol. The summed E-state index contributed by atoms with van der Waals surface area (Å²) in [5.74, 6) is -0.922. The van der Waals surface area contributed by atoms with E-state index in [4.69, 9.17) is 4.74 Å². The maximum absolute atomic E-state index is 12.6. The molecule has 0 spiro atoms. The van der Waals surface area contributed by atoms with E-state index in [0.29, 0.717) is 11.3 Å². The van der Waals surface area contributed by atoms with Crippen molar-refractivity contribution in [2.45, 2.75) is 19.1 Å². The molecule has 4 aromatic rings. The number of aliphatic hydroxyl groups excluding tert-OH is 1. The number of amides is 1. The number of rotatable bonds is 7. The number of hydrogen-bond acceptors (Lipinski definition) is 4. The summed E-state index contributed by atoms with van der Waals surface area (Å²) in [6.07, 6.45) is -1.09. The number of aliphatic hydroxyl groups is 1. The quantitative estimate of drug-likeness (QED) is 0.396. The summed E-state index contributed by atoms with van der Waals surface area (Å²) in [4.78, 5) is 25.2. The topological polar surface area (TPSA) is 75.6 Å². The minimum atomic E-state index is -0.961. The molecule has 0 aliphatic rings. The first kappa shape index (κ1) is 21.3. The Morgan fingerprint density at radius 1 is 0.812 bits per heavy atom. The van der Waals surface area contributed by atoms with Crippen LogP contribution in [0.2, 0.25) is 0 Å². The minimum absolute atomic E-state index is 0.133. The first-order valence-electron chi connectivity index (χ1n) is 10.4. The lowest BCUT2D eigenvalue weighted by Crippen LogP contribution is -2.18. The van der Waals surface area contributed by atoms with Crippen molar-refractivity contribution in [3.05, 3.63) is 114 Å². The summed E-state index contributed by atoms with van der Waals surface area (Å²) in [6, 6.07) is 29.5. The molecule has 0 bridgehead atoms. The summed E-state index contributed by atoms with van der Waals surface area (Å²) < 4.78 is 5.39. The van der Waals surface area contributed by atoms with E-state index < -0.39 is 18.0 Å². The fourth-order valence-electron chi connectivity index (χ4n) is 3.48. The number of hydrogen-bond donors (Lipinski definition) is 2. The average molecular weight is 425 g/mol. The first-order valence-corrected chi connectivity index (χ1v) is 10.4. The molecule has 0 saturated carbocycles. The monoisotopic (exact) mass is 425 g/mol. The number of nitrogens with one attached hydrogen (secondary N) is 1. The lowest BCUT2D eigenvalue weighted by Gasteiger charge is -2.14. The Balaban J connectivity index is 1.41. The van der Waals surface area contributed by atoms with E-state index in [1.165, 1.54) is 0 Å². The van der Waals surface area contributed by atoms with Gasteiger partial charge < -0.3 is 15.2 Å². The van der Waals surface area contributed by atoms with Gasteiger partial charge in [-0.3, -0.25) is 4.79 Å². The molecule has 1 unspecified atom stereocenters. The number of anilines is 1. The van der Waals surface area contributed by atoms with Crippen LogP contribution in [-0.2, 0) is 16.1 Å². The Kier molecular flexibility index (Phi) is 6.58. The molecule has 0 saturated heterocycles. The molecule has 5 nitrogen and oxygen atoms in total. The minimum Gasteiger partial charge on any atom is -0.457 e. The van der Waals surface area contributed by atoms with E-state index in [-0.39, 0.29) is 18.6 Å². The second kappa shape index (κ2) is 9.90. The zero-order chi connectivity index (χ0) is 22.3. The molecule has 32 heavy (non-hydrogen) atoms. The van der Waals surface area contributed by atoms with E-state index in [9.17, 15) is 14.7 Å². The normalized spacial score (nSPS) is 11.7. The Labute approximate surface area is 186 Å². The molecule has 0 aliphatic carbocycles.